The number of amides is 2. The highest BCUT2D eigenvalue weighted by atomic mass is 35.5. The number of halogens is 1. The number of nitrogen functional groups attached to an aromatic ring is 1. The van der Waals surface area contributed by atoms with Gasteiger partial charge in [0.25, 0.3) is 5.91 Å². The van der Waals surface area contributed by atoms with Gasteiger partial charge >= 0.3 is 0 Å². The number of nitrogens with zero attached hydrogens (tertiary/aromatic N) is 2. The van der Waals surface area contributed by atoms with Crippen LogP contribution in [0.3, 0.4) is 0 Å². The van der Waals surface area contributed by atoms with Gasteiger partial charge in [0.2, 0.25) is 5.91 Å². The van der Waals surface area contributed by atoms with Crippen LogP contribution in [0.2, 0.25) is 5.02 Å². The van der Waals surface area contributed by atoms with Crippen molar-refractivity contribution in [2.24, 2.45) is 5.92 Å². The molecule has 1 aromatic rings. The van der Waals surface area contributed by atoms with E-state index in [1.165, 1.54) is 0 Å². The fourth-order valence-electron chi connectivity index (χ4n) is 5.20. The molecule has 2 amide bonds. The standard InChI is InChI=1S/C23H34ClN5O3/c1-28(2)23(31)20(14-3-8-26-9-4-14)29-10-5-15(6-11-29)27-22(30)17-13-18(24)19(25)16-7-12-32-21(16)17/h13-15,20,26H,3-12,25H2,1-2H3,(H,27,30). The van der Waals surface area contributed by atoms with Gasteiger partial charge in [-0.1, -0.05) is 11.6 Å². The second-order valence-corrected chi connectivity index (χ2v) is 9.68. The molecule has 0 radical (unpaired) electrons. The first-order chi connectivity index (χ1) is 15.4. The minimum Gasteiger partial charge on any atom is -0.492 e. The highest BCUT2D eigenvalue weighted by molar-refractivity contribution is 6.33. The van der Waals surface area contributed by atoms with Crippen molar-refractivity contribution in [3.05, 3.63) is 22.2 Å². The third-order valence-corrected chi connectivity index (χ3v) is 7.31. The van der Waals surface area contributed by atoms with E-state index in [1.54, 1.807) is 11.0 Å². The number of likely N-dealkylation sites (tertiary alicyclic amines) is 1. The Hall–Kier alpha value is -2.03. The van der Waals surface area contributed by atoms with Crippen LogP contribution in [0.4, 0.5) is 5.69 Å². The minimum absolute atomic E-state index is 0.0512. The van der Waals surface area contributed by atoms with Crippen molar-refractivity contribution < 1.29 is 14.3 Å². The molecular formula is C23H34ClN5O3. The summed E-state index contributed by atoms with van der Waals surface area (Å²) in [6.45, 7) is 4.01. The molecule has 2 saturated heterocycles. The lowest BCUT2D eigenvalue weighted by molar-refractivity contribution is -0.137. The number of hydrogen-bond donors (Lipinski definition) is 3. The van der Waals surface area contributed by atoms with E-state index < -0.39 is 0 Å². The molecule has 3 aliphatic heterocycles. The summed E-state index contributed by atoms with van der Waals surface area (Å²) in [4.78, 5) is 30.1. The van der Waals surface area contributed by atoms with Crippen molar-refractivity contribution in [2.45, 2.75) is 44.2 Å². The lowest BCUT2D eigenvalue weighted by Crippen LogP contribution is -2.56. The van der Waals surface area contributed by atoms with Crippen LogP contribution < -0.4 is 21.1 Å². The Bertz CT molecular complexity index is 864. The van der Waals surface area contributed by atoms with Crippen LogP contribution in [-0.2, 0) is 11.2 Å². The number of benzene rings is 1. The Morgan fingerprint density at radius 1 is 1.25 bits per heavy atom. The van der Waals surface area contributed by atoms with Crippen LogP contribution >= 0.6 is 11.6 Å². The van der Waals surface area contributed by atoms with Gasteiger partial charge < -0.3 is 26.0 Å². The average molecular weight is 464 g/mol. The molecule has 1 atom stereocenters. The molecule has 0 spiro atoms. The fourth-order valence-corrected chi connectivity index (χ4v) is 5.42. The number of ether oxygens (including phenoxy) is 1. The highest BCUT2D eigenvalue weighted by Crippen LogP contribution is 2.38. The summed E-state index contributed by atoms with van der Waals surface area (Å²) in [7, 11) is 3.67. The van der Waals surface area contributed by atoms with E-state index >= 15 is 0 Å². The van der Waals surface area contributed by atoms with Crippen molar-refractivity contribution in [3.8, 4) is 5.75 Å². The molecule has 8 nitrogen and oxygen atoms in total. The number of nitrogens with two attached hydrogens (primary N) is 1. The molecule has 1 aromatic carbocycles. The van der Waals surface area contributed by atoms with Crippen molar-refractivity contribution in [1.29, 1.82) is 0 Å². The summed E-state index contributed by atoms with van der Waals surface area (Å²) >= 11 is 6.26. The summed E-state index contributed by atoms with van der Waals surface area (Å²) in [6.07, 6.45) is 4.31. The SMILES string of the molecule is CN(C)C(=O)C(C1CCNCC1)N1CCC(NC(=O)c2cc(Cl)c(N)c3c2OCC3)CC1. The van der Waals surface area contributed by atoms with Gasteiger partial charge in [0.15, 0.2) is 0 Å². The Morgan fingerprint density at radius 3 is 2.59 bits per heavy atom. The number of carbonyl (C=O) groups is 2. The van der Waals surface area contributed by atoms with Gasteiger partial charge in [0.1, 0.15) is 5.75 Å². The predicted molar refractivity (Wildman–Crippen MR) is 125 cm³/mol. The van der Waals surface area contributed by atoms with E-state index in [0.29, 0.717) is 41.0 Å². The number of piperidine rings is 2. The maximum absolute atomic E-state index is 13.0. The fraction of sp³-hybridized carbons (Fsp3) is 0.652. The number of carbonyl (C=O) groups excluding carboxylic acids is 2. The maximum Gasteiger partial charge on any atom is 0.255 e. The number of nitrogens with one attached hydrogen (secondary N) is 2. The maximum atomic E-state index is 13.0. The molecule has 2 fully saturated rings. The largest absolute Gasteiger partial charge is 0.492 e. The Morgan fingerprint density at radius 2 is 1.94 bits per heavy atom. The van der Waals surface area contributed by atoms with Crippen LogP contribution in [0.15, 0.2) is 6.07 Å². The van der Waals surface area contributed by atoms with E-state index in [1.807, 2.05) is 14.1 Å². The molecule has 3 heterocycles. The van der Waals surface area contributed by atoms with Gasteiger partial charge in [0.05, 0.1) is 28.9 Å². The van der Waals surface area contributed by atoms with E-state index in [9.17, 15) is 9.59 Å². The molecule has 0 bridgehead atoms. The third kappa shape index (κ3) is 4.67. The summed E-state index contributed by atoms with van der Waals surface area (Å²) in [6, 6.07) is 1.57. The van der Waals surface area contributed by atoms with E-state index in [2.05, 4.69) is 15.5 Å². The second kappa shape index (κ2) is 9.85. The number of rotatable bonds is 5. The van der Waals surface area contributed by atoms with Crippen LogP contribution in [0.1, 0.15) is 41.6 Å². The molecule has 4 N–H and O–H groups in total. The molecule has 4 rings (SSSR count). The number of likely N-dealkylation sites (N-methyl/N-ethyl adjacent to an activating group) is 1. The average Bonchev–Trinajstić information content (AvgIpc) is 3.28. The highest BCUT2D eigenvalue weighted by Gasteiger charge is 2.37. The van der Waals surface area contributed by atoms with Crippen molar-refractivity contribution in [1.82, 2.24) is 20.4 Å². The number of anilines is 1. The summed E-state index contributed by atoms with van der Waals surface area (Å²) in [5.74, 6) is 0.935. The molecular weight excluding hydrogens is 430 g/mol. The van der Waals surface area contributed by atoms with Crippen LogP contribution in [0, 0.1) is 5.92 Å². The Labute approximate surface area is 194 Å². The summed E-state index contributed by atoms with van der Waals surface area (Å²) in [5.41, 5.74) is 7.83. The summed E-state index contributed by atoms with van der Waals surface area (Å²) < 4.78 is 5.69. The Kier molecular flexibility index (Phi) is 7.12. The summed E-state index contributed by atoms with van der Waals surface area (Å²) in [5, 5.41) is 6.93. The lowest BCUT2D eigenvalue weighted by atomic mass is 9.87. The third-order valence-electron chi connectivity index (χ3n) is 7.00. The van der Waals surface area contributed by atoms with Crippen molar-refractivity contribution in [3.63, 3.8) is 0 Å². The zero-order chi connectivity index (χ0) is 22.8. The van der Waals surface area contributed by atoms with Gasteiger partial charge in [0, 0.05) is 45.2 Å². The van der Waals surface area contributed by atoms with Crippen LogP contribution in [0.25, 0.3) is 0 Å². The van der Waals surface area contributed by atoms with Crippen molar-refractivity contribution >= 4 is 29.1 Å². The quantitative estimate of drug-likeness (QED) is 0.572. The molecule has 1 unspecified atom stereocenters. The zero-order valence-corrected chi connectivity index (χ0v) is 19.7. The minimum atomic E-state index is -0.178. The topological polar surface area (TPSA) is 99.9 Å². The number of fused-ring (bicyclic) bond motifs is 1. The smallest absolute Gasteiger partial charge is 0.255 e. The van der Waals surface area contributed by atoms with Gasteiger partial charge in [-0.2, -0.15) is 0 Å². The molecule has 0 aliphatic carbocycles. The molecule has 0 aromatic heterocycles. The molecule has 9 heteroatoms. The zero-order valence-electron chi connectivity index (χ0n) is 19.0. The predicted octanol–water partition coefficient (Wildman–Crippen LogP) is 1.51. The van der Waals surface area contributed by atoms with Crippen LogP contribution in [0.5, 0.6) is 5.75 Å². The first-order valence-corrected chi connectivity index (χ1v) is 11.9. The molecule has 0 saturated carbocycles. The van der Waals surface area contributed by atoms with Gasteiger partial charge in [-0.25, -0.2) is 0 Å². The van der Waals surface area contributed by atoms with Gasteiger partial charge in [-0.15, -0.1) is 0 Å². The molecule has 3 aliphatic rings. The monoisotopic (exact) mass is 463 g/mol. The van der Waals surface area contributed by atoms with E-state index in [4.69, 9.17) is 22.1 Å². The van der Waals surface area contributed by atoms with Crippen LogP contribution in [-0.4, -0.2) is 80.6 Å². The first kappa shape index (κ1) is 23.1. The van der Waals surface area contributed by atoms with E-state index in [-0.39, 0.29) is 23.9 Å². The second-order valence-electron chi connectivity index (χ2n) is 9.27. The van der Waals surface area contributed by atoms with E-state index in [0.717, 1.165) is 57.4 Å². The lowest BCUT2D eigenvalue weighted by Gasteiger charge is -2.42. The number of hydrogen-bond acceptors (Lipinski definition) is 6. The van der Waals surface area contributed by atoms with Gasteiger partial charge in [-0.3, -0.25) is 14.5 Å². The normalized spacial score (nSPS) is 21.0. The molecule has 176 valence electrons. The van der Waals surface area contributed by atoms with Gasteiger partial charge in [-0.05, 0) is 50.8 Å². The Balaban J connectivity index is 1.40. The molecule has 32 heavy (non-hydrogen) atoms. The van der Waals surface area contributed by atoms with Crippen molar-refractivity contribution in [2.75, 3.05) is 52.6 Å². The first-order valence-electron chi connectivity index (χ1n) is 11.6.